The second-order valence-electron chi connectivity index (χ2n) is 10.7. The Labute approximate surface area is 212 Å². The summed E-state index contributed by atoms with van der Waals surface area (Å²) >= 11 is 0. The largest absolute Gasteiger partial charge is 0.480 e. The molecule has 1 heterocycles. The highest BCUT2D eigenvalue weighted by Gasteiger charge is 2.45. The minimum Gasteiger partial charge on any atom is -0.480 e. The molecule has 1 saturated heterocycles. The van der Waals surface area contributed by atoms with E-state index in [2.05, 4.69) is 10.6 Å². The van der Waals surface area contributed by atoms with Gasteiger partial charge in [0.05, 0.1) is 11.5 Å². The third-order valence-corrected chi connectivity index (χ3v) is 6.31. The van der Waals surface area contributed by atoms with Crippen LogP contribution in [0.4, 0.5) is 4.79 Å². The van der Waals surface area contributed by atoms with Gasteiger partial charge in [0, 0.05) is 13.1 Å². The average molecular weight is 506 g/mol. The lowest BCUT2D eigenvalue weighted by molar-refractivity contribution is -0.145. The van der Waals surface area contributed by atoms with E-state index in [4.69, 9.17) is 4.74 Å². The standard InChI is InChI=1S/C26H39N3O7/c1-16(2)19(21(31)27-20(17(3)30)22(32)33)28-23(34)26(18-10-8-7-9-11-18)12-14-29(15-13-26)24(35)36-25(4,5)6/h7-11,16-17,19-20,30H,12-15H2,1-6H3,(H,27,31)(H,28,34)(H,32,33)/t17-,19-,20+/m1/s1. The molecule has 36 heavy (non-hydrogen) atoms. The Morgan fingerprint density at radius 3 is 1.97 bits per heavy atom. The molecular weight excluding hydrogens is 466 g/mol. The summed E-state index contributed by atoms with van der Waals surface area (Å²) in [5, 5.41) is 24.2. The summed E-state index contributed by atoms with van der Waals surface area (Å²) in [7, 11) is 0. The number of benzene rings is 1. The van der Waals surface area contributed by atoms with Gasteiger partial charge in [-0.25, -0.2) is 9.59 Å². The first-order valence-corrected chi connectivity index (χ1v) is 12.2. The number of nitrogens with zero attached hydrogens (tertiary/aromatic N) is 1. The summed E-state index contributed by atoms with van der Waals surface area (Å²) in [6.07, 6.45) is -1.12. The van der Waals surface area contributed by atoms with E-state index in [-0.39, 0.29) is 11.8 Å². The number of carboxylic acid groups (broad SMARTS) is 1. The summed E-state index contributed by atoms with van der Waals surface area (Å²) in [5.74, 6) is -2.80. The second kappa shape index (κ2) is 11.7. The van der Waals surface area contributed by atoms with Gasteiger partial charge in [-0.3, -0.25) is 9.59 Å². The van der Waals surface area contributed by atoms with Crippen LogP contribution < -0.4 is 10.6 Å². The van der Waals surface area contributed by atoms with Crippen molar-refractivity contribution in [2.24, 2.45) is 5.92 Å². The van der Waals surface area contributed by atoms with Gasteiger partial charge in [0.25, 0.3) is 0 Å². The van der Waals surface area contributed by atoms with Gasteiger partial charge in [0.2, 0.25) is 11.8 Å². The van der Waals surface area contributed by atoms with Crippen LogP contribution in [0, 0.1) is 5.92 Å². The minimum absolute atomic E-state index is 0.291. The third-order valence-electron chi connectivity index (χ3n) is 6.31. The highest BCUT2D eigenvalue weighted by molar-refractivity contribution is 5.94. The third kappa shape index (κ3) is 7.19. The Kier molecular flexibility index (Phi) is 9.48. The molecule has 10 nitrogen and oxygen atoms in total. The number of aliphatic carboxylic acids is 1. The number of nitrogens with one attached hydrogen (secondary N) is 2. The number of ether oxygens (including phenoxy) is 1. The Balaban J connectivity index is 2.28. The number of rotatable bonds is 8. The zero-order chi connectivity index (χ0) is 27.3. The molecule has 1 aromatic rings. The highest BCUT2D eigenvalue weighted by Crippen LogP contribution is 2.36. The van der Waals surface area contributed by atoms with Crippen molar-refractivity contribution in [1.29, 1.82) is 0 Å². The van der Waals surface area contributed by atoms with Crippen molar-refractivity contribution in [2.75, 3.05) is 13.1 Å². The average Bonchev–Trinajstić information content (AvgIpc) is 2.79. The number of amides is 3. The molecule has 200 valence electrons. The number of likely N-dealkylation sites (tertiary alicyclic amines) is 1. The molecule has 0 unspecified atom stereocenters. The van der Waals surface area contributed by atoms with Gasteiger partial charge in [-0.15, -0.1) is 0 Å². The molecular formula is C26H39N3O7. The number of carbonyl (C=O) groups excluding carboxylic acids is 3. The SMILES string of the molecule is CC(C)[C@@H](NC(=O)C1(c2ccccc2)CCN(C(=O)OC(C)(C)C)CC1)C(=O)N[C@H](C(=O)O)[C@@H](C)O. The van der Waals surface area contributed by atoms with Crippen LogP contribution in [0.15, 0.2) is 30.3 Å². The topological polar surface area (TPSA) is 145 Å². The molecule has 0 spiro atoms. The van der Waals surface area contributed by atoms with E-state index in [1.807, 2.05) is 30.3 Å². The Morgan fingerprint density at radius 1 is 0.972 bits per heavy atom. The Hall–Kier alpha value is -3.14. The zero-order valence-electron chi connectivity index (χ0n) is 21.9. The number of hydrogen-bond donors (Lipinski definition) is 4. The molecule has 4 N–H and O–H groups in total. The number of carboxylic acids is 1. The normalized spacial score (nSPS) is 18.1. The lowest BCUT2D eigenvalue weighted by Gasteiger charge is -2.42. The molecule has 0 radical (unpaired) electrons. The van der Waals surface area contributed by atoms with Crippen molar-refractivity contribution >= 4 is 23.9 Å². The maximum Gasteiger partial charge on any atom is 0.410 e. The van der Waals surface area contributed by atoms with Crippen LogP contribution in [0.5, 0.6) is 0 Å². The molecule has 1 aromatic carbocycles. The number of aliphatic hydroxyl groups is 1. The first-order valence-electron chi connectivity index (χ1n) is 12.2. The monoisotopic (exact) mass is 505 g/mol. The Morgan fingerprint density at radius 2 is 1.53 bits per heavy atom. The van der Waals surface area contributed by atoms with Crippen molar-refractivity contribution in [3.63, 3.8) is 0 Å². The molecule has 0 aliphatic carbocycles. The second-order valence-corrected chi connectivity index (χ2v) is 10.7. The molecule has 1 fully saturated rings. The summed E-state index contributed by atoms with van der Waals surface area (Å²) in [6.45, 7) is 10.7. The summed E-state index contributed by atoms with van der Waals surface area (Å²) in [6, 6.07) is 6.67. The van der Waals surface area contributed by atoms with Gasteiger partial charge >= 0.3 is 12.1 Å². The van der Waals surface area contributed by atoms with Crippen LogP contribution in [-0.4, -0.2) is 75.9 Å². The fourth-order valence-corrected chi connectivity index (χ4v) is 4.25. The van der Waals surface area contributed by atoms with Crippen molar-refractivity contribution in [3.8, 4) is 0 Å². The van der Waals surface area contributed by atoms with Gasteiger partial charge < -0.3 is 30.5 Å². The maximum atomic E-state index is 13.8. The predicted molar refractivity (Wildman–Crippen MR) is 133 cm³/mol. The lowest BCUT2D eigenvalue weighted by Crippen LogP contribution is -2.60. The number of hydrogen-bond acceptors (Lipinski definition) is 6. The molecule has 1 aliphatic rings. The minimum atomic E-state index is -1.50. The van der Waals surface area contributed by atoms with Crippen molar-refractivity contribution in [2.45, 2.75) is 83.6 Å². The van der Waals surface area contributed by atoms with Crippen LogP contribution in [0.25, 0.3) is 0 Å². The lowest BCUT2D eigenvalue weighted by atomic mass is 9.71. The first-order chi connectivity index (χ1) is 16.7. The molecule has 2 rings (SSSR count). The van der Waals surface area contributed by atoms with E-state index >= 15 is 0 Å². The van der Waals surface area contributed by atoms with E-state index in [1.165, 1.54) is 6.92 Å². The van der Waals surface area contributed by atoms with Crippen LogP contribution in [0.2, 0.25) is 0 Å². The van der Waals surface area contributed by atoms with E-state index in [0.717, 1.165) is 5.56 Å². The van der Waals surface area contributed by atoms with E-state index in [9.17, 15) is 29.4 Å². The number of carbonyl (C=O) groups is 4. The Bertz CT molecular complexity index is 933. The zero-order valence-corrected chi connectivity index (χ0v) is 21.9. The van der Waals surface area contributed by atoms with Gasteiger partial charge in [-0.1, -0.05) is 44.2 Å². The molecule has 3 amide bonds. The van der Waals surface area contributed by atoms with Gasteiger partial charge in [-0.2, -0.15) is 0 Å². The van der Waals surface area contributed by atoms with Gasteiger partial charge in [0.1, 0.15) is 11.6 Å². The highest BCUT2D eigenvalue weighted by atomic mass is 16.6. The van der Waals surface area contributed by atoms with Crippen molar-refractivity contribution in [3.05, 3.63) is 35.9 Å². The molecule has 0 bridgehead atoms. The molecule has 10 heteroatoms. The fourth-order valence-electron chi connectivity index (χ4n) is 4.25. The molecule has 0 saturated carbocycles. The van der Waals surface area contributed by atoms with Crippen LogP contribution in [-0.2, 0) is 24.5 Å². The van der Waals surface area contributed by atoms with Crippen LogP contribution in [0.3, 0.4) is 0 Å². The van der Waals surface area contributed by atoms with E-state index in [1.54, 1.807) is 39.5 Å². The van der Waals surface area contributed by atoms with Crippen molar-refractivity contribution < 1.29 is 34.1 Å². The van der Waals surface area contributed by atoms with E-state index in [0.29, 0.717) is 25.9 Å². The maximum absolute atomic E-state index is 13.8. The van der Waals surface area contributed by atoms with Crippen molar-refractivity contribution in [1.82, 2.24) is 15.5 Å². The summed E-state index contributed by atoms with van der Waals surface area (Å²) < 4.78 is 5.48. The van der Waals surface area contributed by atoms with E-state index < -0.39 is 47.2 Å². The smallest absolute Gasteiger partial charge is 0.410 e. The molecule has 1 aliphatic heterocycles. The number of piperidine rings is 1. The summed E-state index contributed by atoms with van der Waals surface area (Å²) in [5.41, 5.74) is -0.870. The molecule has 0 aromatic heterocycles. The van der Waals surface area contributed by atoms with Gasteiger partial charge in [-0.05, 0) is 52.0 Å². The molecule has 3 atom stereocenters. The van der Waals surface area contributed by atoms with Crippen LogP contribution >= 0.6 is 0 Å². The van der Waals surface area contributed by atoms with Gasteiger partial charge in [0.15, 0.2) is 6.04 Å². The first kappa shape index (κ1) is 29.1. The summed E-state index contributed by atoms with van der Waals surface area (Å²) in [4.78, 5) is 52.4. The number of aliphatic hydroxyl groups excluding tert-OH is 1. The van der Waals surface area contributed by atoms with Crippen LogP contribution in [0.1, 0.15) is 59.9 Å². The quantitative estimate of drug-likeness (QED) is 0.423. The fraction of sp³-hybridized carbons (Fsp3) is 0.615. The predicted octanol–water partition coefficient (Wildman–Crippen LogP) is 2.05.